The maximum atomic E-state index is 10.9. The van der Waals surface area contributed by atoms with Crippen LogP contribution in [0.4, 0.5) is 11.4 Å². The molecule has 0 amide bonds. The van der Waals surface area contributed by atoms with Gasteiger partial charge in [0.15, 0.2) is 0 Å². The largest absolute Gasteiger partial charge is 0.375 e. The molecule has 1 aliphatic rings. The van der Waals surface area contributed by atoms with Crippen LogP contribution >= 0.6 is 11.6 Å². The Balaban J connectivity index is 2.22. The summed E-state index contributed by atoms with van der Waals surface area (Å²) in [5.74, 6) is 0.526. The lowest BCUT2D eigenvalue weighted by atomic mass is 10.1. The Bertz CT molecular complexity index is 435. The minimum atomic E-state index is -0.418. The number of nitrogens with two attached hydrogens (primary N) is 1. The van der Waals surface area contributed by atoms with E-state index in [4.69, 9.17) is 17.3 Å². The average Bonchev–Trinajstić information content (AvgIpc) is 3.09. The predicted octanol–water partition coefficient (Wildman–Crippen LogP) is 2.40. The Morgan fingerprint density at radius 3 is 2.82 bits per heavy atom. The number of hydrogen-bond donors (Lipinski definition) is 2. The molecule has 0 aromatic heterocycles. The molecule has 1 fully saturated rings. The first-order chi connectivity index (χ1) is 8.11. The van der Waals surface area contributed by atoms with Gasteiger partial charge in [0, 0.05) is 23.7 Å². The van der Waals surface area contributed by atoms with Gasteiger partial charge in [-0.2, -0.15) is 0 Å². The Hall–Kier alpha value is -1.33. The monoisotopic (exact) mass is 255 g/mol. The number of nitro benzene ring substituents is 1. The number of nitro groups is 1. The zero-order chi connectivity index (χ0) is 12.4. The van der Waals surface area contributed by atoms with Crippen LogP contribution in [0.2, 0.25) is 5.02 Å². The van der Waals surface area contributed by atoms with Gasteiger partial charge in [0.05, 0.1) is 4.92 Å². The lowest BCUT2D eigenvalue weighted by molar-refractivity contribution is -0.384. The number of benzene rings is 1. The summed E-state index contributed by atoms with van der Waals surface area (Å²) in [4.78, 5) is 10.5. The van der Waals surface area contributed by atoms with Gasteiger partial charge in [0.1, 0.15) is 5.69 Å². The molecule has 92 valence electrons. The Morgan fingerprint density at radius 1 is 1.59 bits per heavy atom. The maximum Gasteiger partial charge on any atom is 0.292 e. The molecular weight excluding hydrogens is 242 g/mol. The van der Waals surface area contributed by atoms with Crippen LogP contribution in [0.15, 0.2) is 18.2 Å². The van der Waals surface area contributed by atoms with Gasteiger partial charge in [-0.1, -0.05) is 11.6 Å². The van der Waals surface area contributed by atoms with Crippen molar-refractivity contribution >= 4 is 23.0 Å². The number of anilines is 1. The minimum absolute atomic E-state index is 0.0356. The molecule has 1 aromatic rings. The molecule has 1 aromatic carbocycles. The molecule has 1 atom stereocenters. The molecule has 1 saturated carbocycles. The van der Waals surface area contributed by atoms with E-state index in [0.717, 1.165) is 12.8 Å². The van der Waals surface area contributed by atoms with Crippen molar-refractivity contribution in [2.75, 3.05) is 11.9 Å². The summed E-state index contributed by atoms with van der Waals surface area (Å²) in [5, 5.41) is 14.5. The molecule has 2 rings (SSSR count). The summed E-state index contributed by atoms with van der Waals surface area (Å²) in [7, 11) is 0. The third-order valence-corrected chi connectivity index (χ3v) is 3.18. The lowest BCUT2D eigenvalue weighted by Crippen LogP contribution is -2.31. The van der Waals surface area contributed by atoms with E-state index in [1.165, 1.54) is 12.1 Å². The minimum Gasteiger partial charge on any atom is -0.375 e. The number of nitrogens with one attached hydrogen (secondary N) is 1. The van der Waals surface area contributed by atoms with Crippen molar-refractivity contribution in [3.05, 3.63) is 33.3 Å². The third-order valence-electron chi connectivity index (χ3n) is 2.94. The molecule has 0 aliphatic heterocycles. The lowest BCUT2D eigenvalue weighted by Gasteiger charge is -2.17. The van der Waals surface area contributed by atoms with Crippen molar-refractivity contribution in [1.29, 1.82) is 0 Å². The van der Waals surface area contributed by atoms with Gasteiger partial charge in [-0.25, -0.2) is 0 Å². The van der Waals surface area contributed by atoms with Crippen LogP contribution in [0.3, 0.4) is 0 Å². The van der Waals surface area contributed by atoms with Gasteiger partial charge in [0.2, 0.25) is 0 Å². The normalized spacial score (nSPS) is 16.6. The van der Waals surface area contributed by atoms with Crippen molar-refractivity contribution in [2.24, 2.45) is 11.7 Å². The Morgan fingerprint density at radius 2 is 2.29 bits per heavy atom. The van der Waals surface area contributed by atoms with Crippen molar-refractivity contribution in [3.63, 3.8) is 0 Å². The molecule has 0 bridgehead atoms. The number of hydrogen-bond acceptors (Lipinski definition) is 4. The fourth-order valence-corrected chi connectivity index (χ4v) is 2.02. The van der Waals surface area contributed by atoms with E-state index in [0.29, 0.717) is 23.2 Å². The van der Waals surface area contributed by atoms with E-state index in [1.807, 2.05) is 0 Å². The first-order valence-electron chi connectivity index (χ1n) is 5.52. The van der Waals surface area contributed by atoms with Crippen molar-refractivity contribution in [2.45, 2.75) is 18.9 Å². The zero-order valence-corrected chi connectivity index (χ0v) is 9.98. The van der Waals surface area contributed by atoms with Crippen LogP contribution in [-0.4, -0.2) is 17.5 Å². The second-order valence-corrected chi connectivity index (χ2v) is 4.68. The van der Waals surface area contributed by atoms with Crippen LogP contribution < -0.4 is 11.1 Å². The van der Waals surface area contributed by atoms with E-state index in [1.54, 1.807) is 6.07 Å². The van der Waals surface area contributed by atoms with Gasteiger partial charge in [-0.3, -0.25) is 10.1 Å². The van der Waals surface area contributed by atoms with Gasteiger partial charge in [-0.05, 0) is 30.9 Å². The highest BCUT2D eigenvalue weighted by Gasteiger charge is 2.31. The fraction of sp³-hybridized carbons (Fsp3) is 0.455. The molecule has 0 saturated heterocycles. The predicted molar refractivity (Wildman–Crippen MR) is 67.3 cm³/mol. The summed E-state index contributed by atoms with van der Waals surface area (Å²) in [6.07, 6.45) is 2.26. The van der Waals surface area contributed by atoms with Crippen LogP contribution in [0.5, 0.6) is 0 Å². The zero-order valence-electron chi connectivity index (χ0n) is 9.23. The first kappa shape index (κ1) is 12.1. The molecule has 1 aliphatic carbocycles. The van der Waals surface area contributed by atoms with E-state index in [9.17, 15) is 10.1 Å². The standard InChI is InChI=1S/C11H14ClN3O2/c12-8-3-4-11(15(16)17)9(5-8)14-10(6-13)7-1-2-7/h3-5,7,10,14H,1-2,6,13H2. The van der Waals surface area contributed by atoms with E-state index < -0.39 is 4.92 Å². The summed E-state index contributed by atoms with van der Waals surface area (Å²) < 4.78 is 0. The van der Waals surface area contributed by atoms with Crippen molar-refractivity contribution in [1.82, 2.24) is 0 Å². The molecule has 0 heterocycles. The van der Waals surface area contributed by atoms with Crippen LogP contribution in [0.1, 0.15) is 12.8 Å². The van der Waals surface area contributed by atoms with Gasteiger partial charge < -0.3 is 11.1 Å². The van der Waals surface area contributed by atoms with E-state index >= 15 is 0 Å². The van der Waals surface area contributed by atoms with Crippen molar-refractivity contribution in [3.8, 4) is 0 Å². The van der Waals surface area contributed by atoms with Crippen LogP contribution in [0, 0.1) is 16.0 Å². The topological polar surface area (TPSA) is 81.2 Å². The SMILES string of the molecule is NCC(Nc1cc(Cl)ccc1[N+](=O)[O-])C1CC1. The summed E-state index contributed by atoms with van der Waals surface area (Å²) in [5.41, 5.74) is 6.15. The molecule has 17 heavy (non-hydrogen) atoms. The first-order valence-corrected chi connectivity index (χ1v) is 5.90. The summed E-state index contributed by atoms with van der Waals surface area (Å²) >= 11 is 5.85. The number of nitrogens with zero attached hydrogens (tertiary/aromatic N) is 1. The molecule has 3 N–H and O–H groups in total. The molecular formula is C11H14ClN3O2. The van der Waals surface area contributed by atoms with E-state index in [2.05, 4.69) is 5.32 Å². The second-order valence-electron chi connectivity index (χ2n) is 4.24. The highest BCUT2D eigenvalue weighted by atomic mass is 35.5. The van der Waals surface area contributed by atoms with Crippen LogP contribution in [0.25, 0.3) is 0 Å². The molecule has 6 heteroatoms. The highest BCUT2D eigenvalue weighted by molar-refractivity contribution is 6.31. The third kappa shape index (κ3) is 2.87. The molecule has 0 spiro atoms. The van der Waals surface area contributed by atoms with Crippen molar-refractivity contribution < 1.29 is 4.92 Å². The molecule has 1 unspecified atom stereocenters. The van der Waals surface area contributed by atoms with E-state index in [-0.39, 0.29) is 11.7 Å². The Labute approximate surface area is 104 Å². The second kappa shape index (κ2) is 4.89. The maximum absolute atomic E-state index is 10.9. The highest BCUT2D eigenvalue weighted by Crippen LogP contribution is 2.36. The number of rotatable bonds is 5. The summed E-state index contributed by atoms with van der Waals surface area (Å²) in [6.45, 7) is 0.467. The Kier molecular flexibility index (Phi) is 3.49. The smallest absolute Gasteiger partial charge is 0.292 e. The fourth-order valence-electron chi connectivity index (χ4n) is 1.85. The van der Waals surface area contributed by atoms with Crippen LogP contribution in [-0.2, 0) is 0 Å². The molecule has 0 radical (unpaired) electrons. The molecule has 5 nitrogen and oxygen atoms in total. The van der Waals surface area contributed by atoms with Gasteiger partial charge >= 0.3 is 0 Å². The summed E-state index contributed by atoms with van der Waals surface area (Å²) in [6, 6.07) is 4.59. The quantitative estimate of drug-likeness (QED) is 0.625. The van der Waals surface area contributed by atoms with Gasteiger partial charge in [-0.15, -0.1) is 0 Å². The number of halogens is 1. The van der Waals surface area contributed by atoms with Gasteiger partial charge in [0.25, 0.3) is 5.69 Å². The average molecular weight is 256 g/mol.